The van der Waals surface area contributed by atoms with Crippen LogP contribution in [0.3, 0.4) is 0 Å². The van der Waals surface area contributed by atoms with Gasteiger partial charge in [0.05, 0.1) is 11.3 Å². The summed E-state index contributed by atoms with van der Waals surface area (Å²) in [5.74, 6) is -0.215. The van der Waals surface area contributed by atoms with Crippen molar-refractivity contribution in [3.8, 4) is 0 Å². The molecule has 0 saturated carbocycles. The average molecular weight is 279 g/mol. The lowest BCUT2D eigenvalue weighted by Crippen LogP contribution is -2.40. The molecule has 112 valence electrons. The summed E-state index contributed by atoms with van der Waals surface area (Å²) in [5.41, 5.74) is 0.786. The van der Waals surface area contributed by atoms with Crippen molar-refractivity contribution in [1.29, 1.82) is 0 Å². The highest BCUT2D eigenvalue weighted by atomic mass is 16.4. The number of nitrogens with one attached hydrogen (secondary N) is 1. The maximum absolute atomic E-state index is 10.9. The molecule has 2 N–H and O–H groups in total. The Balaban J connectivity index is 2.58. The summed E-state index contributed by atoms with van der Waals surface area (Å²) >= 11 is 0. The van der Waals surface area contributed by atoms with Gasteiger partial charge in [0.25, 0.3) is 0 Å². The molecule has 0 aromatic carbocycles. The fourth-order valence-electron chi connectivity index (χ4n) is 2.31. The highest BCUT2D eigenvalue weighted by molar-refractivity contribution is 5.89. The van der Waals surface area contributed by atoms with Crippen LogP contribution in [0.5, 0.6) is 0 Å². The minimum absolute atomic E-state index is 0.251. The Kier molecular flexibility index (Phi) is 5.95. The zero-order valence-corrected chi connectivity index (χ0v) is 13.0. The van der Waals surface area contributed by atoms with E-state index in [0.717, 1.165) is 18.9 Å². The molecule has 1 rings (SSSR count). The van der Waals surface area contributed by atoms with Crippen LogP contribution in [0.15, 0.2) is 12.1 Å². The van der Waals surface area contributed by atoms with Crippen molar-refractivity contribution in [1.82, 2.24) is 9.88 Å². The van der Waals surface area contributed by atoms with Crippen LogP contribution in [0.2, 0.25) is 0 Å². The topological polar surface area (TPSA) is 65.5 Å². The lowest BCUT2D eigenvalue weighted by atomic mass is 10.2. The van der Waals surface area contributed by atoms with Crippen molar-refractivity contribution in [3.05, 3.63) is 23.4 Å². The van der Waals surface area contributed by atoms with Crippen LogP contribution < -0.4 is 5.32 Å². The Hall–Kier alpha value is -1.62. The number of hydrogen-bond acceptors (Lipinski definition) is 4. The SMILES string of the molecule is Cc1nc(NCCN(C(C)C)C(C)C)ccc1C(=O)O. The van der Waals surface area contributed by atoms with Gasteiger partial charge in [-0.1, -0.05) is 0 Å². The second kappa shape index (κ2) is 7.24. The number of aromatic nitrogens is 1. The minimum Gasteiger partial charge on any atom is -0.478 e. The third-order valence-electron chi connectivity index (χ3n) is 3.32. The Bertz CT molecular complexity index is 450. The molecule has 1 aromatic rings. The zero-order valence-electron chi connectivity index (χ0n) is 13.0. The van der Waals surface area contributed by atoms with Crippen molar-refractivity contribution in [3.63, 3.8) is 0 Å². The molecule has 5 heteroatoms. The van der Waals surface area contributed by atoms with Crippen molar-refractivity contribution in [2.75, 3.05) is 18.4 Å². The van der Waals surface area contributed by atoms with E-state index in [9.17, 15) is 4.79 Å². The van der Waals surface area contributed by atoms with Gasteiger partial charge in [-0.3, -0.25) is 4.90 Å². The van der Waals surface area contributed by atoms with E-state index in [4.69, 9.17) is 5.11 Å². The van der Waals surface area contributed by atoms with Gasteiger partial charge in [-0.2, -0.15) is 0 Å². The first-order chi connectivity index (χ1) is 9.32. The van der Waals surface area contributed by atoms with E-state index in [-0.39, 0.29) is 5.56 Å². The maximum atomic E-state index is 10.9. The fraction of sp³-hybridized carbons (Fsp3) is 0.600. The van der Waals surface area contributed by atoms with Crippen molar-refractivity contribution < 1.29 is 9.90 Å². The first-order valence-electron chi connectivity index (χ1n) is 7.03. The Labute approximate surface area is 121 Å². The van der Waals surface area contributed by atoms with Gasteiger partial charge in [0.1, 0.15) is 5.82 Å². The third-order valence-corrected chi connectivity index (χ3v) is 3.32. The van der Waals surface area contributed by atoms with Gasteiger partial charge in [0.15, 0.2) is 0 Å². The van der Waals surface area contributed by atoms with Crippen LogP contribution in [-0.2, 0) is 0 Å². The molecule has 0 amide bonds. The number of carbonyl (C=O) groups is 1. The number of hydrogen-bond donors (Lipinski definition) is 2. The van der Waals surface area contributed by atoms with Gasteiger partial charge in [-0.05, 0) is 46.8 Å². The van der Waals surface area contributed by atoms with Crippen LogP contribution in [0.25, 0.3) is 0 Å². The molecular weight excluding hydrogens is 254 g/mol. The number of anilines is 1. The molecule has 0 aliphatic heterocycles. The van der Waals surface area contributed by atoms with Crippen LogP contribution in [0.1, 0.15) is 43.7 Å². The Morgan fingerprint density at radius 1 is 1.30 bits per heavy atom. The van der Waals surface area contributed by atoms with E-state index in [2.05, 4.69) is 42.9 Å². The van der Waals surface area contributed by atoms with Crippen LogP contribution in [0, 0.1) is 6.92 Å². The van der Waals surface area contributed by atoms with E-state index >= 15 is 0 Å². The average Bonchev–Trinajstić information content (AvgIpc) is 2.33. The predicted molar refractivity (Wildman–Crippen MR) is 81.4 cm³/mol. The van der Waals surface area contributed by atoms with Crippen molar-refractivity contribution in [2.45, 2.75) is 46.7 Å². The molecule has 0 atom stereocenters. The summed E-state index contributed by atoms with van der Waals surface area (Å²) in [7, 11) is 0. The van der Waals surface area contributed by atoms with Gasteiger partial charge in [0, 0.05) is 25.2 Å². The number of rotatable bonds is 7. The molecule has 0 bridgehead atoms. The molecule has 0 aliphatic carbocycles. The van der Waals surface area contributed by atoms with E-state index in [0.29, 0.717) is 17.8 Å². The van der Waals surface area contributed by atoms with E-state index < -0.39 is 5.97 Å². The first-order valence-corrected chi connectivity index (χ1v) is 7.03. The van der Waals surface area contributed by atoms with E-state index in [1.165, 1.54) is 0 Å². The largest absolute Gasteiger partial charge is 0.478 e. The van der Waals surface area contributed by atoms with E-state index in [1.54, 1.807) is 19.1 Å². The molecule has 0 spiro atoms. The molecule has 0 fully saturated rings. The molecule has 0 aliphatic rings. The number of carboxylic acids is 1. The number of nitrogens with zero attached hydrogens (tertiary/aromatic N) is 2. The molecule has 5 nitrogen and oxygen atoms in total. The molecule has 0 saturated heterocycles. The standard InChI is InChI=1S/C15H25N3O2/c1-10(2)18(11(3)4)9-8-16-14-7-6-13(15(19)20)12(5)17-14/h6-7,10-11H,8-9H2,1-5H3,(H,16,17)(H,19,20). The van der Waals surface area contributed by atoms with Gasteiger partial charge in [-0.25, -0.2) is 9.78 Å². The summed E-state index contributed by atoms with van der Waals surface area (Å²) in [6, 6.07) is 4.31. The lowest BCUT2D eigenvalue weighted by Gasteiger charge is -2.30. The number of pyridine rings is 1. The van der Waals surface area contributed by atoms with Gasteiger partial charge >= 0.3 is 5.97 Å². The van der Waals surface area contributed by atoms with E-state index in [1.807, 2.05) is 0 Å². The lowest BCUT2D eigenvalue weighted by molar-refractivity contribution is 0.0695. The summed E-state index contributed by atoms with van der Waals surface area (Å²) in [5, 5.41) is 12.2. The Morgan fingerprint density at radius 2 is 1.90 bits per heavy atom. The zero-order chi connectivity index (χ0) is 15.3. The number of carboxylic acid groups (broad SMARTS) is 1. The molecule has 0 unspecified atom stereocenters. The maximum Gasteiger partial charge on any atom is 0.337 e. The van der Waals surface area contributed by atoms with Crippen LogP contribution in [0.4, 0.5) is 5.82 Å². The highest BCUT2D eigenvalue weighted by Crippen LogP contribution is 2.11. The number of aryl methyl sites for hydroxylation is 1. The highest BCUT2D eigenvalue weighted by Gasteiger charge is 2.13. The summed E-state index contributed by atoms with van der Waals surface area (Å²) in [4.78, 5) is 17.6. The van der Waals surface area contributed by atoms with Crippen LogP contribution >= 0.6 is 0 Å². The predicted octanol–water partition coefficient (Wildman–Crippen LogP) is 2.62. The molecule has 0 radical (unpaired) electrons. The third kappa shape index (κ3) is 4.49. The fourth-order valence-corrected chi connectivity index (χ4v) is 2.31. The smallest absolute Gasteiger partial charge is 0.337 e. The molecular formula is C15H25N3O2. The summed E-state index contributed by atoms with van der Waals surface area (Å²) < 4.78 is 0. The minimum atomic E-state index is -0.938. The molecule has 1 aromatic heterocycles. The van der Waals surface area contributed by atoms with Crippen molar-refractivity contribution >= 4 is 11.8 Å². The van der Waals surface area contributed by atoms with Gasteiger partial charge in [-0.15, -0.1) is 0 Å². The van der Waals surface area contributed by atoms with Crippen LogP contribution in [-0.4, -0.2) is 46.1 Å². The summed E-state index contributed by atoms with van der Waals surface area (Å²) in [6.45, 7) is 12.2. The first kappa shape index (κ1) is 16.4. The van der Waals surface area contributed by atoms with Gasteiger partial charge < -0.3 is 10.4 Å². The normalized spacial score (nSPS) is 11.4. The molecule has 20 heavy (non-hydrogen) atoms. The number of aromatic carboxylic acids is 1. The van der Waals surface area contributed by atoms with Crippen molar-refractivity contribution in [2.24, 2.45) is 0 Å². The Morgan fingerprint density at radius 3 is 2.35 bits per heavy atom. The van der Waals surface area contributed by atoms with Gasteiger partial charge in [0.2, 0.25) is 0 Å². The second-order valence-corrected chi connectivity index (χ2v) is 5.49. The second-order valence-electron chi connectivity index (χ2n) is 5.49. The monoisotopic (exact) mass is 279 g/mol. The quantitative estimate of drug-likeness (QED) is 0.803. The molecule has 1 heterocycles. The summed E-state index contributed by atoms with van der Waals surface area (Å²) in [6.07, 6.45) is 0.